The van der Waals surface area contributed by atoms with Crippen molar-refractivity contribution in [1.82, 2.24) is 4.90 Å². The van der Waals surface area contributed by atoms with E-state index in [9.17, 15) is 9.59 Å². The number of para-hydroxylation sites is 1. The van der Waals surface area contributed by atoms with Crippen LogP contribution in [0.3, 0.4) is 0 Å². The molecular formula is C18H26N2O3. The molecule has 1 saturated heterocycles. The third kappa shape index (κ3) is 4.24. The van der Waals surface area contributed by atoms with Crippen molar-refractivity contribution in [2.24, 2.45) is 5.92 Å². The second kappa shape index (κ2) is 7.49. The number of hydrogen-bond donors (Lipinski definition) is 1. The first-order valence-electron chi connectivity index (χ1n) is 8.20. The summed E-state index contributed by atoms with van der Waals surface area (Å²) in [5.74, 6) is 0.143. The van der Waals surface area contributed by atoms with E-state index in [0.717, 1.165) is 23.2 Å². The Kier molecular flexibility index (Phi) is 5.64. The molecular weight excluding hydrogens is 292 g/mol. The van der Waals surface area contributed by atoms with Gasteiger partial charge in [-0.3, -0.25) is 9.69 Å². The average molecular weight is 318 g/mol. The van der Waals surface area contributed by atoms with Crippen LogP contribution in [0.15, 0.2) is 18.2 Å². The molecule has 0 unspecified atom stereocenters. The van der Waals surface area contributed by atoms with E-state index in [2.05, 4.69) is 5.32 Å². The normalized spacial score (nSPS) is 17.4. The molecule has 1 aliphatic heterocycles. The van der Waals surface area contributed by atoms with Gasteiger partial charge in [0, 0.05) is 12.2 Å². The van der Waals surface area contributed by atoms with Gasteiger partial charge in [-0.2, -0.15) is 0 Å². The van der Waals surface area contributed by atoms with E-state index in [1.807, 2.05) is 45.9 Å². The first kappa shape index (κ1) is 17.3. The molecule has 0 saturated carbocycles. The van der Waals surface area contributed by atoms with Crippen molar-refractivity contribution in [3.05, 3.63) is 29.3 Å². The number of nitrogens with zero attached hydrogens (tertiary/aromatic N) is 1. The molecule has 5 nitrogen and oxygen atoms in total. The molecule has 23 heavy (non-hydrogen) atoms. The molecule has 1 aromatic rings. The lowest BCUT2D eigenvalue weighted by atomic mass is 10.1. The molecule has 5 heteroatoms. The number of amides is 2. The number of likely N-dealkylation sites (tertiary alicyclic amines) is 1. The second-order valence-electron chi connectivity index (χ2n) is 6.58. The second-order valence-corrected chi connectivity index (χ2v) is 6.58. The van der Waals surface area contributed by atoms with Gasteiger partial charge in [-0.1, -0.05) is 32.0 Å². The van der Waals surface area contributed by atoms with Gasteiger partial charge in [-0.25, -0.2) is 4.79 Å². The fourth-order valence-electron chi connectivity index (χ4n) is 2.80. The maximum Gasteiger partial charge on any atom is 0.410 e. The molecule has 0 spiro atoms. The van der Waals surface area contributed by atoms with Gasteiger partial charge in [-0.05, 0) is 43.7 Å². The molecule has 0 bridgehead atoms. The molecule has 0 aromatic heterocycles. The zero-order chi connectivity index (χ0) is 17.0. The van der Waals surface area contributed by atoms with Crippen molar-refractivity contribution in [1.29, 1.82) is 0 Å². The third-order valence-electron chi connectivity index (χ3n) is 4.06. The number of ether oxygens (including phenoxy) is 1. The topological polar surface area (TPSA) is 58.6 Å². The largest absolute Gasteiger partial charge is 0.449 e. The lowest BCUT2D eigenvalue weighted by Gasteiger charge is -2.24. The van der Waals surface area contributed by atoms with Gasteiger partial charge in [0.25, 0.3) is 0 Å². The van der Waals surface area contributed by atoms with Crippen LogP contribution in [0, 0.1) is 19.8 Å². The molecule has 1 atom stereocenters. The van der Waals surface area contributed by atoms with Gasteiger partial charge >= 0.3 is 6.09 Å². The highest BCUT2D eigenvalue weighted by atomic mass is 16.6. The summed E-state index contributed by atoms with van der Waals surface area (Å²) in [7, 11) is 0. The standard InChI is InChI=1S/C18H26N2O3/c1-12(2)11-23-18(22)20-10-6-9-15(20)17(21)19-16-13(3)7-5-8-14(16)4/h5,7-8,12,15H,6,9-11H2,1-4H3,(H,19,21)/t15-/m0/s1. The van der Waals surface area contributed by atoms with E-state index in [1.165, 1.54) is 0 Å². The molecule has 1 aromatic carbocycles. The van der Waals surface area contributed by atoms with Crippen molar-refractivity contribution in [3.8, 4) is 0 Å². The predicted molar refractivity (Wildman–Crippen MR) is 90.5 cm³/mol. The van der Waals surface area contributed by atoms with Crippen LogP contribution < -0.4 is 5.32 Å². The first-order valence-corrected chi connectivity index (χ1v) is 8.20. The first-order chi connectivity index (χ1) is 10.9. The van der Waals surface area contributed by atoms with E-state index in [-0.39, 0.29) is 11.8 Å². The minimum absolute atomic E-state index is 0.138. The number of rotatable bonds is 4. The van der Waals surface area contributed by atoms with Gasteiger partial charge in [0.15, 0.2) is 0 Å². The Bertz CT molecular complexity index is 563. The van der Waals surface area contributed by atoms with Gasteiger partial charge in [0.05, 0.1) is 6.61 Å². The summed E-state index contributed by atoms with van der Waals surface area (Å²) in [4.78, 5) is 26.3. The molecule has 126 valence electrons. The number of carbonyl (C=O) groups is 2. The zero-order valence-electron chi connectivity index (χ0n) is 14.4. The smallest absolute Gasteiger partial charge is 0.410 e. The summed E-state index contributed by atoms with van der Waals surface area (Å²) in [6.45, 7) is 8.85. The van der Waals surface area contributed by atoms with Crippen molar-refractivity contribution in [3.63, 3.8) is 0 Å². The van der Waals surface area contributed by atoms with Crippen LogP contribution in [0.4, 0.5) is 10.5 Å². The molecule has 0 aliphatic carbocycles. The quantitative estimate of drug-likeness (QED) is 0.924. The highest BCUT2D eigenvalue weighted by molar-refractivity contribution is 5.98. The Balaban J connectivity index is 2.04. The SMILES string of the molecule is Cc1cccc(C)c1NC(=O)[C@@H]1CCCN1C(=O)OCC(C)C. The lowest BCUT2D eigenvalue weighted by molar-refractivity contribution is -0.120. The van der Waals surface area contributed by atoms with Gasteiger partial charge in [0.2, 0.25) is 5.91 Å². The molecule has 1 N–H and O–H groups in total. The molecule has 1 aliphatic rings. The highest BCUT2D eigenvalue weighted by Gasteiger charge is 2.35. The van der Waals surface area contributed by atoms with Crippen molar-refractivity contribution in [2.75, 3.05) is 18.5 Å². The number of aryl methyl sites for hydroxylation is 2. The Morgan fingerprint density at radius 2 is 1.96 bits per heavy atom. The lowest BCUT2D eigenvalue weighted by Crippen LogP contribution is -2.43. The molecule has 0 radical (unpaired) electrons. The summed E-state index contributed by atoms with van der Waals surface area (Å²) in [6, 6.07) is 5.44. The van der Waals surface area contributed by atoms with E-state index in [0.29, 0.717) is 19.6 Å². The van der Waals surface area contributed by atoms with Crippen LogP contribution >= 0.6 is 0 Å². The van der Waals surface area contributed by atoms with Crippen molar-refractivity contribution >= 4 is 17.7 Å². The van der Waals surface area contributed by atoms with Crippen LogP contribution in [0.2, 0.25) is 0 Å². The van der Waals surface area contributed by atoms with Gasteiger partial charge < -0.3 is 10.1 Å². The summed E-state index contributed by atoms with van der Waals surface area (Å²) >= 11 is 0. The van der Waals surface area contributed by atoms with Crippen molar-refractivity contribution < 1.29 is 14.3 Å². The molecule has 2 amide bonds. The molecule has 1 heterocycles. The van der Waals surface area contributed by atoms with E-state index >= 15 is 0 Å². The maximum absolute atomic E-state index is 12.6. The van der Waals surface area contributed by atoms with Crippen molar-refractivity contribution in [2.45, 2.75) is 46.6 Å². The maximum atomic E-state index is 12.6. The Labute approximate surface area is 138 Å². The summed E-state index contributed by atoms with van der Waals surface area (Å²) in [6.07, 6.45) is 1.10. The third-order valence-corrected chi connectivity index (χ3v) is 4.06. The summed E-state index contributed by atoms with van der Waals surface area (Å²) < 4.78 is 5.27. The predicted octanol–water partition coefficient (Wildman–Crippen LogP) is 3.50. The minimum atomic E-state index is -0.450. The number of anilines is 1. The summed E-state index contributed by atoms with van der Waals surface area (Å²) in [5, 5.41) is 2.98. The van der Waals surface area contributed by atoms with E-state index in [1.54, 1.807) is 4.90 Å². The van der Waals surface area contributed by atoms with Crippen LogP contribution in [0.25, 0.3) is 0 Å². The Morgan fingerprint density at radius 1 is 1.30 bits per heavy atom. The van der Waals surface area contributed by atoms with Crippen LogP contribution in [0.1, 0.15) is 37.8 Å². The van der Waals surface area contributed by atoms with Gasteiger partial charge in [0.1, 0.15) is 6.04 Å². The van der Waals surface area contributed by atoms with Gasteiger partial charge in [-0.15, -0.1) is 0 Å². The summed E-state index contributed by atoms with van der Waals surface area (Å²) in [5.41, 5.74) is 2.87. The Hall–Kier alpha value is -2.04. The molecule has 1 fully saturated rings. The number of benzene rings is 1. The molecule has 2 rings (SSSR count). The van der Waals surface area contributed by atoms with Crippen LogP contribution in [0.5, 0.6) is 0 Å². The van der Waals surface area contributed by atoms with E-state index in [4.69, 9.17) is 4.74 Å². The van der Waals surface area contributed by atoms with Crippen LogP contribution in [-0.2, 0) is 9.53 Å². The Morgan fingerprint density at radius 3 is 2.57 bits per heavy atom. The monoisotopic (exact) mass is 318 g/mol. The number of hydrogen-bond acceptors (Lipinski definition) is 3. The minimum Gasteiger partial charge on any atom is -0.449 e. The zero-order valence-corrected chi connectivity index (χ0v) is 14.4. The number of carbonyl (C=O) groups excluding carboxylic acids is 2. The van der Waals surface area contributed by atoms with Crippen LogP contribution in [-0.4, -0.2) is 36.1 Å². The highest BCUT2D eigenvalue weighted by Crippen LogP contribution is 2.23. The fraction of sp³-hybridized carbons (Fsp3) is 0.556. The average Bonchev–Trinajstić information content (AvgIpc) is 2.98. The fourth-order valence-corrected chi connectivity index (χ4v) is 2.80. The van der Waals surface area contributed by atoms with E-state index < -0.39 is 12.1 Å². The number of nitrogens with one attached hydrogen (secondary N) is 1.